The molecule has 2 rings (SSSR count). The van der Waals surface area contributed by atoms with Crippen LogP contribution in [0.15, 0.2) is 42.5 Å². The van der Waals surface area contributed by atoms with Gasteiger partial charge in [0.15, 0.2) is 5.78 Å². The molecule has 2 N–H and O–H groups in total. The molecule has 0 heterocycles. The molecular weight excluding hydrogens is 246 g/mol. The smallest absolute Gasteiger partial charge is 0.193 e. The summed E-state index contributed by atoms with van der Waals surface area (Å²) in [5.41, 5.74) is 10.3. The quantitative estimate of drug-likeness (QED) is 0.856. The molecule has 0 aromatic heterocycles. The van der Waals surface area contributed by atoms with Crippen LogP contribution >= 0.6 is 0 Å². The zero-order valence-corrected chi connectivity index (χ0v) is 12.3. The number of hydrogen-bond acceptors (Lipinski definition) is 2. The SMILES string of the molecule is Cc1ccc(C(C)C)cc1C(=O)c1cccc(CN)c1. The van der Waals surface area contributed by atoms with Crippen LogP contribution in [0.4, 0.5) is 0 Å². The third-order valence-corrected chi connectivity index (χ3v) is 3.60. The first kappa shape index (κ1) is 14.5. The lowest BCUT2D eigenvalue weighted by Gasteiger charge is -2.11. The Hall–Kier alpha value is -1.93. The maximum absolute atomic E-state index is 12.7. The van der Waals surface area contributed by atoms with Crippen molar-refractivity contribution in [2.45, 2.75) is 33.2 Å². The molecule has 0 saturated heterocycles. The standard InChI is InChI=1S/C18H21NO/c1-12(2)15-8-7-13(3)17(10-15)18(20)16-6-4-5-14(9-16)11-19/h4-10,12H,11,19H2,1-3H3. The molecule has 0 fully saturated rings. The van der Waals surface area contributed by atoms with Gasteiger partial charge < -0.3 is 5.73 Å². The zero-order valence-electron chi connectivity index (χ0n) is 12.3. The second-order valence-electron chi connectivity index (χ2n) is 5.46. The molecule has 0 spiro atoms. The van der Waals surface area contributed by atoms with Crippen molar-refractivity contribution in [3.8, 4) is 0 Å². The number of ketones is 1. The summed E-state index contributed by atoms with van der Waals surface area (Å²) < 4.78 is 0. The molecule has 104 valence electrons. The summed E-state index contributed by atoms with van der Waals surface area (Å²) in [4.78, 5) is 12.7. The van der Waals surface area contributed by atoms with Crippen LogP contribution in [0.5, 0.6) is 0 Å². The highest BCUT2D eigenvalue weighted by molar-refractivity contribution is 6.10. The van der Waals surface area contributed by atoms with Crippen molar-refractivity contribution in [1.29, 1.82) is 0 Å². The lowest BCUT2D eigenvalue weighted by atomic mass is 9.93. The van der Waals surface area contributed by atoms with Gasteiger partial charge in [-0.3, -0.25) is 4.79 Å². The maximum Gasteiger partial charge on any atom is 0.193 e. The monoisotopic (exact) mass is 267 g/mol. The van der Waals surface area contributed by atoms with Gasteiger partial charge in [-0.05, 0) is 41.7 Å². The van der Waals surface area contributed by atoms with Gasteiger partial charge in [0.1, 0.15) is 0 Å². The molecule has 0 aliphatic rings. The molecule has 0 saturated carbocycles. The molecule has 2 aromatic carbocycles. The van der Waals surface area contributed by atoms with E-state index < -0.39 is 0 Å². The summed E-state index contributed by atoms with van der Waals surface area (Å²) in [5.74, 6) is 0.484. The molecule has 0 unspecified atom stereocenters. The molecule has 0 aliphatic heterocycles. The number of benzene rings is 2. The second kappa shape index (κ2) is 6.02. The fourth-order valence-corrected chi connectivity index (χ4v) is 2.24. The Morgan fingerprint density at radius 2 is 1.90 bits per heavy atom. The van der Waals surface area contributed by atoms with Gasteiger partial charge in [0.05, 0.1) is 0 Å². The highest BCUT2D eigenvalue weighted by Gasteiger charge is 2.13. The van der Waals surface area contributed by atoms with Gasteiger partial charge in [0.2, 0.25) is 0 Å². The van der Waals surface area contributed by atoms with Crippen LogP contribution < -0.4 is 5.73 Å². The van der Waals surface area contributed by atoms with Crippen LogP contribution in [-0.2, 0) is 6.54 Å². The van der Waals surface area contributed by atoms with E-state index in [1.807, 2.05) is 43.3 Å². The van der Waals surface area contributed by atoms with Crippen molar-refractivity contribution >= 4 is 5.78 Å². The van der Waals surface area contributed by atoms with Crippen LogP contribution in [0.25, 0.3) is 0 Å². The first-order valence-corrected chi connectivity index (χ1v) is 6.97. The van der Waals surface area contributed by atoms with Crippen molar-refractivity contribution in [2.24, 2.45) is 5.73 Å². The molecule has 0 radical (unpaired) electrons. The van der Waals surface area contributed by atoms with Crippen LogP contribution in [-0.4, -0.2) is 5.78 Å². The van der Waals surface area contributed by atoms with Crippen LogP contribution in [0.1, 0.15) is 52.4 Å². The minimum atomic E-state index is 0.0697. The largest absolute Gasteiger partial charge is 0.326 e. The number of carbonyl (C=O) groups excluding carboxylic acids is 1. The van der Waals surface area contributed by atoms with Gasteiger partial charge in [0, 0.05) is 17.7 Å². The van der Waals surface area contributed by atoms with E-state index in [4.69, 9.17) is 5.73 Å². The van der Waals surface area contributed by atoms with Crippen LogP contribution in [0.3, 0.4) is 0 Å². The predicted molar refractivity (Wildman–Crippen MR) is 83.0 cm³/mol. The summed E-state index contributed by atoms with van der Waals surface area (Å²) in [5, 5.41) is 0. The Morgan fingerprint density at radius 3 is 2.55 bits per heavy atom. The molecular formula is C18H21NO. The number of nitrogens with two attached hydrogens (primary N) is 1. The van der Waals surface area contributed by atoms with E-state index in [0.717, 1.165) is 16.7 Å². The van der Waals surface area contributed by atoms with Crippen molar-refractivity contribution < 1.29 is 4.79 Å². The van der Waals surface area contributed by atoms with E-state index in [9.17, 15) is 4.79 Å². The van der Waals surface area contributed by atoms with Gasteiger partial charge in [0.25, 0.3) is 0 Å². The van der Waals surface area contributed by atoms with Crippen molar-refractivity contribution in [3.05, 3.63) is 70.3 Å². The third kappa shape index (κ3) is 2.97. The Bertz CT molecular complexity index is 629. The van der Waals surface area contributed by atoms with Crippen molar-refractivity contribution in [3.63, 3.8) is 0 Å². The number of rotatable bonds is 4. The number of aryl methyl sites for hydroxylation is 1. The molecule has 2 nitrogen and oxygen atoms in total. The van der Waals surface area contributed by atoms with Crippen LogP contribution in [0, 0.1) is 6.92 Å². The fourth-order valence-electron chi connectivity index (χ4n) is 2.24. The normalized spacial score (nSPS) is 10.8. The maximum atomic E-state index is 12.7. The van der Waals surface area contributed by atoms with Gasteiger partial charge in [-0.1, -0.05) is 44.2 Å². The molecule has 0 bridgehead atoms. The van der Waals surface area contributed by atoms with E-state index in [2.05, 4.69) is 19.9 Å². The van der Waals surface area contributed by atoms with E-state index in [0.29, 0.717) is 18.0 Å². The minimum Gasteiger partial charge on any atom is -0.326 e. The Balaban J connectivity index is 2.44. The third-order valence-electron chi connectivity index (χ3n) is 3.60. The van der Waals surface area contributed by atoms with Gasteiger partial charge in [-0.2, -0.15) is 0 Å². The Morgan fingerprint density at radius 1 is 1.15 bits per heavy atom. The minimum absolute atomic E-state index is 0.0697. The van der Waals surface area contributed by atoms with Crippen molar-refractivity contribution in [2.75, 3.05) is 0 Å². The van der Waals surface area contributed by atoms with E-state index in [-0.39, 0.29) is 5.78 Å². The molecule has 0 atom stereocenters. The highest BCUT2D eigenvalue weighted by Crippen LogP contribution is 2.21. The average molecular weight is 267 g/mol. The average Bonchev–Trinajstić information content (AvgIpc) is 2.46. The van der Waals surface area contributed by atoms with Gasteiger partial charge >= 0.3 is 0 Å². The van der Waals surface area contributed by atoms with E-state index >= 15 is 0 Å². The zero-order chi connectivity index (χ0) is 14.7. The molecule has 0 amide bonds. The molecule has 0 aliphatic carbocycles. The highest BCUT2D eigenvalue weighted by atomic mass is 16.1. The summed E-state index contributed by atoms with van der Waals surface area (Å²) in [6.45, 7) is 6.69. The second-order valence-corrected chi connectivity index (χ2v) is 5.46. The Kier molecular flexibility index (Phi) is 4.35. The molecule has 20 heavy (non-hydrogen) atoms. The fraction of sp³-hybridized carbons (Fsp3) is 0.278. The van der Waals surface area contributed by atoms with E-state index in [1.165, 1.54) is 5.56 Å². The van der Waals surface area contributed by atoms with Crippen LogP contribution in [0.2, 0.25) is 0 Å². The van der Waals surface area contributed by atoms with Gasteiger partial charge in [-0.15, -0.1) is 0 Å². The first-order valence-electron chi connectivity index (χ1n) is 6.97. The first-order chi connectivity index (χ1) is 9.52. The number of hydrogen-bond donors (Lipinski definition) is 1. The topological polar surface area (TPSA) is 43.1 Å². The Labute approximate surface area is 120 Å². The summed E-state index contributed by atoms with van der Waals surface area (Å²) in [7, 11) is 0. The summed E-state index contributed by atoms with van der Waals surface area (Å²) in [6, 6.07) is 13.7. The lowest BCUT2D eigenvalue weighted by Crippen LogP contribution is -2.06. The van der Waals surface area contributed by atoms with E-state index in [1.54, 1.807) is 0 Å². The molecule has 2 heteroatoms. The lowest BCUT2D eigenvalue weighted by molar-refractivity contribution is 0.103. The van der Waals surface area contributed by atoms with Gasteiger partial charge in [-0.25, -0.2) is 0 Å². The summed E-state index contributed by atoms with van der Waals surface area (Å²) >= 11 is 0. The summed E-state index contributed by atoms with van der Waals surface area (Å²) in [6.07, 6.45) is 0. The van der Waals surface area contributed by atoms with Crippen molar-refractivity contribution in [1.82, 2.24) is 0 Å². The number of carbonyl (C=O) groups is 1. The molecule has 2 aromatic rings. The predicted octanol–water partition coefficient (Wildman–Crippen LogP) is 3.81.